The molecule has 0 amide bonds. The van der Waals surface area contributed by atoms with Gasteiger partial charge in [-0.1, -0.05) is 13.0 Å². The second-order valence-corrected chi connectivity index (χ2v) is 8.43. The van der Waals surface area contributed by atoms with Crippen LogP contribution in [0.3, 0.4) is 0 Å². The Morgan fingerprint density at radius 3 is 2.96 bits per heavy atom. The molecular weight excluding hydrogens is 324 g/mol. The molecule has 0 aromatic heterocycles. The van der Waals surface area contributed by atoms with Crippen molar-refractivity contribution >= 4 is 17.4 Å². The highest BCUT2D eigenvalue weighted by atomic mass is 35.5. The van der Waals surface area contributed by atoms with E-state index in [-0.39, 0.29) is 22.7 Å². The highest BCUT2D eigenvalue weighted by Crippen LogP contribution is 2.61. The number of hydrogen-bond donors (Lipinski definition) is 1. The molecule has 4 rings (SSSR count). The number of aromatic hydroxyl groups is 1. The van der Waals surface area contributed by atoms with Crippen LogP contribution in [0.15, 0.2) is 18.2 Å². The van der Waals surface area contributed by atoms with Crippen molar-refractivity contribution in [3.63, 3.8) is 0 Å². The lowest BCUT2D eigenvalue weighted by molar-refractivity contribution is -0.136. The number of ether oxygens (including phenoxy) is 1. The molecule has 2 saturated carbocycles. The predicted molar refractivity (Wildman–Crippen MR) is 93.6 cm³/mol. The number of Topliss-reactive ketones (excluding diaryl/α,β-unsaturated/α-hetero) is 1. The molecule has 6 atom stereocenters. The lowest BCUT2D eigenvalue weighted by Gasteiger charge is -2.51. The fourth-order valence-electron chi connectivity index (χ4n) is 5.75. The molecule has 0 bridgehead atoms. The molecule has 130 valence electrons. The van der Waals surface area contributed by atoms with Gasteiger partial charge in [0.1, 0.15) is 5.75 Å². The molecule has 0 unspecified atom stereocenters. The van der Waals surface area contributed by atoms with Gasteiger partial charge in [-0.3, -0.25) is 4.79 Å². The van der Waals surface area contributed by atoms with Gasteiger partial charge in [-0.2, -0.15) is 0 Å². The third-order valence-corrected chi connectivity index (χ3v) is 7.12. The van der Waals surface area contributed by atoms with Crippen molar-refractivity contribution in [1.29, 1.82) is 0 Å². The number of rotatable bonds is 2. The molecule has 3 aliphatic carbocycles. The predicted octanol–water partition coefficient (Wildman–Crippen LogP) is 4.05. The first-order chi connectivity index (χ1) is 11.5. The van der Waals surface area contributed by atoms with E-state index >= 15 is 0 Å². The topological polar surface area (TPSA) is 46.5 Å². The molecule has 1 N–H and O–H groups in total. The Balaban J connectivity index is 1.79. The zero-order chi connectivity index (χ0) is 17.1. The van der Waals surface area contributed by atoms with Crippen molar-refractivity contribution in [3.8, 4) is 5.75 Å². The number of fused-ring (bicyclic) bond motifs is 5. The van der Waals surface area contributed by atoms with Crippen LogP contribution in [-0.4, -0.2) is 29.0 Å². The number of ketones is 1. The number of carbonyl (C=O) groups is 1. The van der Waals surface area contributed by atoms with Crippen LogP contribution in [0.4, 0.5) is 0 Å². The lowest BCUT2D eigenvalue weighted by atomic mass is 9.54. The van der Waals surface area contributed by atoms with E-state index in [1.54, 1.807) is 6.07 Å². The van der Waals surface area contributed by atoms with Gasteiger partial charge in [0, 0.05) is 17.9 Å². The summed E-state index contributed by atoms with van der Waals surface area (Å²) in [6.45, 7) is 4.78. The zero-order valence-electron chi connectivity index (χ0n) is 14.3. The maximum Gasteiger partial charge on any atom is 0.156 e. The number of alkyl halides is 1. The number of benzene rings is 1. The Bertz CT molecular complexity index is 673. The minimum Gasteiger partial charge on any atom is -0.508 e. The van der Waals surface area contributed by atoms with Crippen LogP contribution < -0.4 is 0 Å². The summed E-state index contributed by atoms with van der Waals surface area (Å²) in [5, 5.41) is 9.48. The summed E-state index contributed by atoms with van der Waals surface area (Å²) in [5.41, 5.74) is 2.19. The fourth-order valence-corrected chi connectivity index (χ4v) is 6.19. The zero-order valence-corrected chi connectivity index (χ0v) is 15.1. The third kappa shape index (κ3) is 2.24. The van der Waals surface area contributed by atoms with Gasteiger partial charge in [0.15, 0.2) is 5.78 Å². The maximum atomic E-state index is 12.8. The molecule has 2 fully saturated rings. The van der Waals surface area contributed by atoms with Gasteiger partial charge in [0.2, 0.25) is 0 Å². The molecule has 1 aromatic rings. The largest absolute Gasteiger partial charge is 0.508 e. The van der Waals surface area contributed by atoms with Gasteiger partial charge in [-0.15, -0.1) is 11.6 Å². The van der Waals surface area contributed by atoms with Gasteiger partial charge in [0.25, 0.3) is 0 Å². The van der Waals surface area contributed by atoms with Gasteiger partial charge in [-0.05, 0) is 67.7 Å². The summed E-state index contributed by atoms with van der Waals surface area (Å²) < 4.78 is 6.14. The number of halogens is 1. The van der Waals surface area contributed by atoms with Crippen molar-refractivity contribution in [2.75, 3.05) is 6.61 Å². The first kappa shape index (κ1) is 16.4. The van der Waals surface area contributed by atoms with Crippen molar-refractivity contribution in [2.24, 2.45) is 17.3 Å². The van der Waals surface area contributed by atoms with Gasteiger partial charge >= 0.3 is 0 Å². The standard InChI is InChI=1S/C20H25ClO3/c1-3-24-17-10-20(2)15(9-16(21)19(20)23)14-6-4-11-8-12(22)5-7-13(11)18(14)17/h5,7-8,14-18,22H,3-4,6,9-10H2,1-2H3/t14-,15-,16+,17-,18+,20-/m0/s1. The molecule has 0 radical (unpaired) electrons. The second kappa shape index (κ2) is 5.74. The Morgan fingerprint density at radius 1 is 1.42 bits per heavy atom. The van der Waals surface area contributed by atoms with Gasteiger partial charge < -0.3 is 9.84 Å². The van der Waals surface area contributed by atoms with Crippen LogP contribution >= 0.6 is 11.6 Å². The minimum atomic E-state index is -0.345. The Kier molecular flexibility index (Phi) is 3.92. The molecule has 0 aliphatic heterocycles. The van der Waals surface area contributed by atoms with Gasteiger partial charge in [0.05, 0.1) is 11.5 Å². The molecule has 24 heavy (non-hydrogen) atoms. The maximum absolute atomic E-state index is 12.8. The molecule has 0 spiro atoms. The van der Waals surface area contributed by atoms with Gasteiger partial charge in [-0.25, -0.2) is 0 Å². The Morgan fingerprint density at radius 2 is 2.21 bits per heavy atom. The van der Waals surface area contributed by atoms with E-state index in [1.807, 2.05) is 13.0 Å². The first-order valence-corrected chi connectivity index (χ1v) is 9.51. The summed E-state index contributed by atoms with van der Waals surface area (Å²) in [6, 6.07) is 5.74. The van der Waals surface area contributed by atoms with E-state index in [0.29, 0.717) is 30.1 Å². The third-order valence-electron chi connectivity index (χ3n) is 6.74. The van der Waals surface area contributed by atoms with Crippen LogP contribution in [0.2, 0.25) is 0 Å². The van der Waals surface area contributed by atoms with E-state index < -0.39 is 0 Å². The Labute approximate surface area is 148 Å². The van der Waals surface area contributed by atoms with E-state index in [2.05, 4.69) is 13.0 Å². The van der Waals surface area contributed by atoms with Crippen molar-refractivity contribution < 1.29 is 14.6 Å². The molecule has 1 aromatic carbocycles. The Hall–Kier alpha value is -1.06. The van der Waals surface area contributed by atoms with Crippen molar-refractivity contribution in [2.45, 2.75) is 56.9 Å². The number of hydrogen-bond acceptors (Lipinski definition) is 3. The quantitative estimate of drug-likeness (QED) is 0.820. The van der Waals surface area contributed by atoms with Crippen LogP contribution in [0.5, 0.6) is 5.75 Å². The molecule has 3 aliphatic rings. The summed E-state index contributed by atoms with van der Waals surface area (Å²) in [4.78, 5) is 12.8. The van der Waals surface area contributed by atoms with Crippen LogP contribution in [0.1, 0.15) is 50.2 Å². The summed E-state index contributed by atoms with van der Waals surface area (Å²) in [5.74, 6) is 1.63. The van der Waals surface area contributed by atoms with Crippen LogP contribution in [0, 0.1) is 17.3 Å². The van der Waals surface area contributed by atoms with E-state index in [9.17, 15) is 9.90 Å². The van der Waals surface area contributed by atoms with Crippen molar-refractivity contribution in [1.82, 2.24) is 0 Å². The van der Waals surface area contributed by atoms with Crippen molar-refractivity contribution in [3.05, 3.63) is 29.3 Å². The smallest absolute Gasteiger partial charge is 0.156 e. The number of phenols is 1. The number of carbonyl (C=O) groups excluding carboxylic acids is 1. The summed E-state index contributed by atoms with van der Waals surface area (Å²) in [7, 11) is 0. The summed E-state index contributed by atoms with van der Waals surface area (Å²) in [6.07, 6.45) is 3.61. The molecule has 0 heterocycles. The van der Waals surface area contributed by atoms with E-state index in [4.69, 9.17) is 16.3 Å². The molecule has 0 saturated heterocycles. The molecule has 3 nitrogen and oxygen atoms in total. The second-order valence-electron chi connectivity index (χ2n) is 7.90. The van der Waals surface area contributed by atoms with Crippen LogP contribution in [0.25, 0.3) is 0 Å². The average molecular weight is 349 g/mol. The highest BCUT2D eigenvalue weighted by molar-refractivity contribution is 6.32. The SMILES string of the molecule is CCO[C@H]1C[C@]2(C)C(=O)[C@H](Cl)C[C@H]2[C@@H]2CCc3cc(O)ccc3[C@H]21. The first-order valence-electron chi connectivity index (χ1n) is 9.07. The lowest BCUT2D eigenvalue weighted by Crippen LogP contribution is -2.50. The van der Waals surface area contributed by atoms with Crippen LogP contribution in [-0.2, 0) is 16.0 Å². The average Bonchev–Trinajstić information content (AvgIpc) is 2.78. The fraction of sp³-hybridized carbons (Fsp3) is 0.650. The minimum absolute atomic E-state index is 0.0516. The molecular formula is C20H25ClO3. The van der Waals surface area contributed by atoms with E-state index in [1.165, 1.54) is 11.1 Å². The normalized spacial score (nSPS) is 40.8. The monoisotopic (exact) mass is 348 g/mol. The summed E-state index contributed by atoms with van der Waals surface area (Å²) >= 11 is 6.38. The number of aryl methyl sites for hydroxylation is 1. The highest BCUT2D eigenvalue weighted by Gasteiger charge is 2.60. The molecule has 4 heteroatoms. The van der Waals surface area contributed by atoms with E-state index in [0.717, 1.165) is 25.7 Å². The number of phenolic OH excluding ortho intramolecular Hbond substituents is 1.